The fraction of sp³-hybridized carbons (Fsp3) is 0.533. The van der Waals surface area contributed by atoms with Crippen molar-refractivity contribution in [2.24, 2.45) is 5.92 Å². The van der Waals surface area contributed by atoms with E-state index in [0.717, 1.165) is 29.8 Å². The van der Waals surface area contributed by atoms with Gasteiger partial charge in [0.25, 0.3) is 5.91 Å². The van der Waals surface area contributed by atoms with E-state index in [4.69, 9.17) is 0 Å². The van der Waals surface area contributed by atoms with Crippen molar-refractivity contribution in [2.45, 2.75) is 34.1 Å². The van der Waals surface area contributed by atoms with Gasteiger partial charge >= 0.3 is 0 Å². The van der Waals surface area contributed by atoms with E-state index < -0.39 is 0 Å². The number of rotatable bonds is 6. The van der Waals surface area contributed by atoms with Crippen molar-refractivity contribution in [3.63, 3.8) is 0 Å². The lowest BCUT2D eigenvalue weighted by Crippen LogP contribution is -2.28. The lowest BCUT2D eigenvalue weighted by molar-refractivity contribution is 0.0949. The quantitative estimate of drug-likeness (QED) is 0.811. The smallest absolute Gasteiger partial charge is 0.253 e. The molecule has 0 saturated heterocycles. The van der Waals surface area contributed by atoms with Crippen LogP contribution in [0.2, 0.25) is 0 Å². The molecule has 1 aromatic rings. The van der Waals surface area contributed by atoms with E-state index in [0.29, 0.717) is 12.5 Å². The highest BCUT2D eigenvalue weighted by molar-refractivity contribution is 5.99. The minimum atomic E-state index is 0.00556. The van der Waals surface area contributed by atoms with Gasteiger partial charge in [0.1, 0.15) is 0 Å². The second-order valence-corrected chi connectivity index (χ2v) is 5.08. The third-order valence-electron chi connectivity index (χ3n) is 2.66. The van der Waals surface area contributed by atoms with Gasteiger partial charge in [-0.2, -0.15) is 0 Å². The Bertz CT molecular complexity index is 399. The standard InChI is InChI=1S/C15H24N2O/c1-5-8-16-14-7-6-12(4)9-13(14)15(18)17-10-11(2)3/h6-7,9,11,16H,5,8,10H2,1-4H3,(H,17,18). The first-order valence-corrected chi connectivity index (χ1v) is 6.67. The molecule has 0 aliphatic rings. The summed E-state index contributed by atoms with van der Waals surface area (Å²) in [7, 11) is 0. The first-order valence-electron chi connectivity index (χ1n) is 6.67. The maximum absolute atomic E-state index is 12.1. The zero-order chi connectivity index (χ0) is 13.5. The number of hydrogen-bond acceptors (Lipinski definition) is 2. The van der Waals surface area contributed by atoms with Gasteiger partial charge in [0.15, 0.2) is 0 Å². The van der Waals surface area contributed by atoms with Crippen molar-refractivity contribution in [1.29, 1.82) is 0 Å². The Hall–Kier alpha value is -1.51. The molecule has 100 valence electrons. The fourth-order valence-corrected chi connectivity index (χ4v) is 1.65. The Morgan fingerprint density at radius 2 is 2.06 bits per heavy atom. The molecule has 0 fully saturated rings. The fourth-order valence-electron chi connectivity index (χ4n) is 1.65. The second kappa shape index (κ2) is 7.04. The monoisotopic (exact) mass is 248 g/mol. The van der Waals surface area contributed by atoms with E-state index >= 15 is 0 Å². The minimum absolute atomic E-state index is 0.00556. The van der Waals surface area contributed by atoms with Crippen LogP contribution in [0.1, 0.15) is 43.1 Å². The van der Waals surface area contributed by atoms with Gasteiger partial charge < -0.3 is 10.6 Å². The molecule has 0 bridgehead atoms. The Morgan fingerprint density at radius 1 is 1.33 bits per heavy atom. The van der Waals surface area contributed by atoms with E-state index in [2.05, 4.69) is 31.4 Å². The highest BCUT2D eigenvalue weighted by Crippen LogP contribution is 2.17. The summed E-state index contributed by atoms with van der Waals surface area (Å²) in [5.41, 5.74) is 2.76. The van der Waals surface area contributed by atoms with Crippen LogP contribution in [0.15, 0.2) is 18.2 Å². The molecule has 1 amide bonds. The molecule has 3 nitrogen and oxygen atoms in total. The summed E-state index contributed by atoms with van der Waals surface area (Å²) in [4.78, 5) is 12.1. The van der Waals surface area contributed by atoms with Crippen LogP contribution in [0.3, 0.4) is 0 Å². The van der Waals surface area contributed by atoms with Crippen LogP contribution >= 0.6 is 0 Å². The molecule has 0 spiro atoms. The lowest BCUT2D eigenvalue weighted by atomic mass is 10.1. The Morgan fingerprint density at radius 3 is 2.67 bits per heavy atom. The maximum atomic E-state index is 12.1. The summed E-state index contributed by atoms with van der Waals surface area (Å²) in [6.07, 6.45) is 1.04. The van der Waals surface area contributed by atoms with Gasteiger partial charge in [-0.15, -0.1) is 0 Å². The number of benzene rings is 1. The normalized spacial score (nSPS) is 10.5. The van der Waals surface area contributed by atoms with E-state index in [1.165, 1.54) is 0 Å². The van der Waals surface area contributed by atoms with E-state index in [9.17, 15) is 4.79 Å². The third-order valence-corrected chi connectivity index (χ3v) is 2.66. The molecule has 1 aromatic carbocycles. The van der Waals surface area contributed by atoms with Crippen LogP contribution in [0.25, 0.3) is 0 Å². The van der Waals surface area contributed by atoms with Gasteiger partial charge in [0, 0.05) is 18.8 Å². The van der Waals surface area contributed by atoms with Crippen LogP contribution in [0.5, 0.6) is 0 Å². The van der Waals surface area contributed by atoms with Crippen LogP contribution in [0.4, 0.5) is 5.69 Å². The van der Waals surface area contributed by atoms with Crippen molar-refractivity contribution in [2.75, 3.05) is 18.4 Å². The van der Waals surface area contributed by atoms with Crippen LogP contribution < -0.4 is 10.6 Å². The first kappa shape index (κ1) is 14.6. The predicted octanol–water partition coefficient (Wildman–Crippen LogP) is 3.20. The largest absolute Gasteiger partial charge is 0.384 e. The van der Waals surface area contributed by atoms with E-state index in [-0.39, 0.29) is 5.91 Å². The summed E-state index contributed by atoms with van der Waals surface area (Å²) in [5, 5.41) is 6.26. The van der Waals surface area contributed by atoms with Crippen molar-refractivity contribution < 1.29 is 4.79 Å². The maximum Gasteiger partial charge on any atom is 0.253 e. The van der Waals surface area contributed by atoms with Crippen molar-refractivity contribution in [3.05, 3.63) is 29.3 Å². The Kier molecular flexibility index (Phi) is 5.69. The molecule has 0 atom stereocenters. The number of nitrogens with one attached hydrogen (secondary N) is 2. The summed E-state index contributed by atoms with van der Waals surface area (Å²) in [6.45, 7) is 9.88. The van der Waals surface area contributed by atoms with Crippen molar-refractivity contribution in [3.8, 4) is 0 Å². The Balaban J connectivity index is 2.83. The summed E-state index contributed by atoms with van der Waals surface area (Å²) in [5.74, 6) is 0.469. The average Bonchev–Trinajstić information content (AvgIpc) is 2.34. The number of carbonyl (C=O) groups is 1. The zero-order valence-electron chi connectivity index (χ0n) is 11.8. The highest BCUT2D eigenvalue weighted by Gasteiger charge is 2.11. The SMILES string of the molecule is CCCNc1ccc(C)cc1C(=O)NCC(C)C. The number of hydrogen-bond donors (Lipinski definition) is 2. The van der Waals surface area contributed by atoms with Gasteiger partial charge in [-0.05, 0) is 31.4 Å². The van der Waals surface area contributed by atoms with Gasteiger partial charge in [-0.1, -0.05) is 32.4 Å². The average molecular weight is 248 g/mol. The molecule has 0 saturated carbocycles. The van der Waals surface area contributed by atoms with Gasteiger partial charge in [0.2, 0.25) is 0 Å². The number of carbonyl (C=O) groups excluding carboxylic acids is 1. The molecule has 0 aliphatic carbocycles. The minimum Gasteiger partial charge on any atom is -0.384 e. The molecule has 1 rings (SSSR count). The summed E-state index contributed by atoms with van der Waals surface area (Å²) < 4.78 is 0. The summed E-state index contributed by atoms with van der Waals surface area (Å²) >= 11 is 0. The van der Waals surface area contributed by atoms with Gasteiger partial charge in [-0.25, -0.2) is 0 Å². The molecule has 3 heteroatoms. The molecule has 18 heavy (non-hydrogen) atoms. The molecule has 0 heterocycles. The molecular formula is C15H24N2O. The number of aryl methyl sites for hydroxylation is 1. The highest BCUT2D eigenvalue weighted by atomic mass is 16.1. The second-order valence-electron chi connectivity index (χ2n) is 5.08. The Labute approximate surface area is 110 Å². The molecule has 0 unspecified atom stereocenters. The van der Waals surface area contributed by atoms with E-state index in [1.54, 1.807) is 0 Å². The molecule has 2 N–H and O–H groups in total. The predicted molar refractivity (Wildman–Crippen MR) is 77.1 cm³/mol. The number of anilines is 1. The van der Waals surface area contributed by atoms with E-state index in [1.807, 2.05) is 25.1 Å². The summed E-state index contributed by atoms with van der Waals surface area (Å²) in [6, 6.07) is 5.94. The number of amides is 1. The lowest BCUT2D eigenvalue weighted by Gasteiger charge is -2.13. The van der Waals surface area contributed by atoms with Crippen LogP contribution in [-0.4, -0.2) is 19.0 Å². The molecule has 0 aromatic heterocycles. The molecule has 0 aliphatic heterocycles. The van der Waals surface area contributed by atoms with Crippen molar-refractivity contribution >= 4 is 11.6 Å². The topological polar surface area (TPSA) is 41.1 Å². The molecular weight excluding hydrogens is 224 g/mol. The zero-order valence-corrected chi connectivity index (χ0v) is 11.8. The molecule has 0 radical (unpaired) electrons. The van der Waals surface area contributed by atoms with Crippen LogP contribution in [-0.2, 0) is 0 Å². The van der Waals surface area contributed by atoms with Crippen molar-refractivity contribution in [1.82, 2.24) is 5.32 Å². The van der Waals surface area contributed by atoms with Gasteiger partial charge in [0.05, 0.1) is 5.56 Å². The van der Waals surface area contributed by atoms with Gasteiger partial charge in [-0.3, -0.25) is 4.79 Å². The van der Waals surface area contributed by atoms with Crippen LogP contribution in [0, 0.1) is 12.8 Å². The first-order chi connectivity index (χ1) is 8.54. The third kappa shape index (κ3) is 4.40.